The van der Waals surface area contributed by atoms with Gasteiger partial charge in [-0.15, -0.1) is 0 Å². The van der Waals surface area contributed by atoms with Crippen molar-refractivity contribution in [1.82, 2.24) is 9.97 Å². The molecule has 0 radical (unpaired) electrons. The average Bonchev–Trinajstić information content (AvgIpc) is 2.99. The Morgan fingerprint density at radius 2 is 1.29 bits per heavy atom. The van der Waals surface area contributed by atoms with Crippen molar-refractivity contribution in [1.29, 1.82) is 0 Å². The van der Waals surface area contributed by atoms with Crippen molar-refractivity contribution in [2.75, 3.05) is 4.72 Å². The highest BCUT2D eigenvalue weighted by Crippen LogP contribution is 2.26. The highest BCUT2D eigenvalue weighted by molar-refractivity contribution is 7.92. The zero-order valence-corrected chi connectivity index (χ0v) is 23.2. The second-order valence-electron chi connectivity index (χ2n) is 9.19. The molecule has 1 N–H and O–H groups in total. The van der Waals surface area contributed by atoms with Gasteiger partial charge in [0.25, 0.3) is 10.0 Å². The maximum atomic E-state index is 13.0. The van der Waals surface area contributed by atoms with Crippen LogP contribution in [-0.2, 0) is 31.5 Å². The lowest BCUT2D eigenvalue weighted by atomic mass is 10.1. The van der Waals surface area contributed by atoms with Crippen molar-refractivity contribution < 1.29 is 16.8 Å². The van der Waals surface area contributed by atoms with E-state index in [1.54, 1.807) is 67.0 Å². The van der Waals surface area contributed by atoms with Crippen molar-refractivity contribution in [3.63, 3.8) is 0 Å². The Kier molecular flexibility index (Phi) is 7.32. The highest BCUT2D eigenvalue weighted by Gasteiger charge is 2.16. The minimum atomic E-state index is -3.79. The molecule has 0 unspecified atom stereocenters. The summed E-state index contributed by atoms with van der Waals surface area (Å²) in [6.45, 7) is 0. The molecular formula is C31H23N4O4S2-. The van der Waals surface area contributed by atoms with Crippen LogP contribution in [0.25, 0.3) is 21.8 Å². The van der Waals surface area contributed by atoms with Crippen LogP contribution in [0.15, 0.2) is 131 Å². The Morgan fingerprint density at radius 3 is 2.00 bits per heavy atom. The molecule has 4 aromatic carbocycles. The Bertz CT molecular complexity index is 2050. The molecule has 0 aliphatic heterocycles. The fourth-order valence-electron chi connectivity index (χ4n) is 4.42. The third kappa shape index (κ3) is 6.03. The molecule has 6 rings (SSSR count). The van der Waals surface area contributed by atoms with E-state index >= 15 is 0 Å². The summed E-state index contributed by atoms with van der Waals surface area (Å²) in [5.74, 6) is 0.416. The number of hydrogen-bond acceptors (Lipinski definition) is 8. The third-order valence-electron chi connectivity index (χ3n) is 6.39. The van der Waals surface area contributed by atoms with Gasteiger partial charge in [-0.1, -0.05) is 60.7 Å². The topological polar surface area (TPSA) is 111 Å². The van der Waals surface area contributed by atoms with E-state index in [1.807, 2.05) is 54.6 Å². The van der Waals surface area contributed by atoms with Crippen LogP contribution < -0.4 is 8.91 Å². The van der Waals surface area contributed by atoms with Crippen LogP contribution in [0.3, 0.4) is 0 Å². The van der Waals surface area contributed by atoms with E-state index in [9.17, 15) is 12.6 Å². The number of sulfonamides is 1. The highest BCUT2D eigenvalue weighted by atomic mass is 32.2. The van der Waals surface area contributed by atoms with E-state index in [2.05, 4.69) is 19.1 Å². The molecular weight excluding hydrogens is 556 g/mol. The van der Waals surface area contributed by atoms with Crippen molar-refractivity contribution in [3.05, 3.63) is 133 Å². The van der Waals surface area contributed by atoms with Crippen molar-refractivity contribution in [3.8, 4) is 5.75 Å². The van der Waals surface area contributed by atoms with Gasteiger partial charge in [0.15, 0.2) is 0 Å². The molecule has 0 aliphatic rings. The monoisotopic (exact) mass is 579 g/mol. The SMILES string of the molecule is O=[S-](=Nc1cccc2cccnc12)Oc1ccc(Cc2ccc(S(=O)(=O)Nc3cccc4cccnc34)cc2)cc1. The van der Waals surface area contributed by atoms with Gasteiger partial charge >= 0.3 is 0 Å². The summed E-state index contributed by atoms with van der Waals surface area (Å²) in [6.07, 6.45) is 3.88. The maximum absolute atomic E-state index is 13.0. The zero-order valence-electron chi connectivity index (χ0n) is 21.5. The summed E-state index contributed by atoms with van der Waals surface area (Å²) >= 11 is 0. The largest absolute Gasteiger partial charge is 0.546 e. The predicted octanol–water partition coefficient (Wildman–Crippen LogP) is 6.95. The quantitative estimate of drug-likeness (QED) is 0.195. The van der Waals surface area contributed by atoms with Crippen LogP contribution in [0.5, 0.6) is 5.75 Å². The number of aromatic nitrogens is 2. The number of anilines is 1. The Hall–Kier alpha value is -4.80. The lowest BCUT2D eigenvalue weighted by Crippen LogP contribution is -2.13. The van der Waals surface area contributed by atoms with Crippen molar-refractivity contribution in [2.45, 2.75) is 11.3 Å². The minimum Gasteiger partial charge on any atom is -0.546 e. The third-order valence-corrected chi connectivity index (χ3v) is 8.46. The Balaban J connectivity index is 1.11. The Morgan fingerprint density at radius 1 is 0.707 bits per heavy atom. The summed E-state index contributed by atoms with van der Waals surface area (Å²) in [5.41, 5.74) is 4.08. The normalized spacial score (nSPS) is 12.4. The predicted molar refractivity (Wildman–Crippen MR) is 161 cm³/mol. The van der Waals surface area contributed by atoms with Gasteiger partial charge in [-0.2, -0.15) is 0 Å². The fraction of sp³-hybridized carbons (Fsp3) is 0.0323. The molecule has 0 spiro atoms. The van der Waals surface area contributed by atoms with E-state index in [0.717, 1.165) is 21.9 Å². The van der Waals surface area contributed by atoms with Crippen LogP contribution in [0.4, 0.5) is 11.4 Å². The van der Waals surface area contributed by atoms with Crippen LogP contribution >= 0.6 is 0 Å². The van der Waals surface area contributed by atoms with Crippen LogP contribution in [0.1, 0.15) is 11.1 Å². The second-order valence-corrected chi connectivity index (χ2v) is 11.7. The van der Waals surface area contributed by atoms with E-state index in [4.69, 9.17) is 4.18 Å². The lowest BCUT2D eigenvalue weighted by Gasteiger charge is -2.12. The first kappa shape index (κ1) is 26.4. The summed E-state index contributed by atoms with van der Waals surface area (Å²) in [5, 5.41) is 1.75. The molecule has 2 aromatic heterocycles. The summed E-state index contributed by atoms with van der Waals surface area (Å²) in [6, 6.07) is 32.2. The molecule has 0 saturated heterocycles. The number of rotatable bonds is 8. The molecule has 0 bridgehead atoms. The van der Waals surface area contributed by atoms with Gasteiger partial charge in [-0.05, 0) is 77.0 Å². The number of hydrogen-bond donors (Lipinski definition) is 1. The number of nitrogens with zero attached hydrogens (tertiary/aromatic N) is 3. The number of fused-ring (bicyclic) bond motifs is 2. The molecule has 0 amide bonds. The number of para-hydroxylation sites is 2. The standard InChI is InChI=1S/C31H23N4O4S2/c36-40(34-28-9-1-5-24-7-3-19-32-30(24)28)39-26-15-11-22(12-16-26)21-23-13-17-27(18-14-23)41(37,38)35-29-10-2-6-25-8-4-20-33-31(25)29/h1-20,35H,21H2/q-1. The van der Waals surface area contributed by atoms with E-state index in [0.29, 0.717) is 34.6 Å². The molecule has 0 aliphatic carbocycles. The molecule has 2 heterocycles. The summed E-state index contributed by atoms with van der Waals surface area (Å²) in [7, 11) is -5.73. The van der Waals surface area contributed by atoms with E-state index < -0.39 is 20.9 Å². The summed E-state index contributed by atoms with van der Waals surface area (Å²) < 4.78 is 50.9. The first-order valence-electron chi connectivity index (χ1n) is 12.6. The molecule has 10 heteroatoms. The van der Waals surface area contributed by atoms with Crippen molar-refractivity contribution >= 4 is 54.1 Å². The summed E-state index contributed by atoms with van der Waals surface area (Å²) in [4.78, 5) is 8.79. The first-order valence-corrected chi connectivity index (χ1v) is 15.2. The number of pyridine rings is 2. The molecule has 6 aromatic rings. The molecule has 0 saturated carbocycles. The van der Waals surface area contributed by atoms with Crippen LogP contribution in [-0.4, -0.2) is 18.4 Å². The number of benzene rings is 4. The maximum Gasteiger partial charge on any atom is 0.261 e. The van der Waals surface area contributed by atoms with Gasteiger partial charge in [0.2, 0.25) is 0 Å². The molecule has 204 valence electrons. The first-order chi connectivity index (χ1) is 19.9. The van der Waals surface area contributed by atoms with Gasteiger partial charge < -0.3 is 12.8 Å². The second kappa shape index (κ2) is 11.4. The molecule has 8 nitrogen and oxygen atoms in total. The molecule has 0 fully saturated rings. The van der Waals surface area contributed by atoms with Crippen molar-refractivity contribution in [2.24, 2.45) is 4.36 Å². The fourth-order valence-corrected chi connectivity index (χ4v) is 6.11. The van der Waals surface area contributed by atoms with Gasteiger partial charge in [0.05, 0.1) is 27.3 Å². The number of nitrogens with one attached hydrogen (secondary N) is 1. The van der Waals surface area contributed by atoms with Crippen LogP contribution in [0, 0.1) is 0 Å². The lowest BCUT2D eigenvalue weighted by molar-refractivity contribution is 0.529. The smallest absolute Gasteiger partial charge is 0.261 e. The zero-order chi connectivity index (χ0) is 28.2. The van der Waals surface area contributed by atoms with Gasteiger partial charge in [0, 0.05) is 23.2 Å². The van der Waals surface area contributed by atoms with Gasteiger partial charge in [-0.3, -0.25) is 14.7 Å². The minimum absolute atomic E-state index is 0.158. The van der Waals surface area contributed by atoms with Crippen LogP contribution in [0.2, 0.25) is 0 Å². The van der Waals surface area contributed by atoms with E-state index in [1.165, 1.54) is 0 Å². The van der Waals surface area contributed by atoms with Gasteiger partial charge in [-0.25, -0.2) is 8.42 Å². The molecule has 41 heavy (non-hydrogen) atoms. The average molecular weight is 580 g/mol. The molecule has 0 atom stereocenters. The van der Waals surface area contributed by atoms with Gasteiger partial charge in [0.1, 0.15) is 5.75 Å². The van der Waals surface area contributed by atoms with E-state index in [-0.39, 0.29) is 4.90 Å². The Labute approximate surface area is 239 Å².